The summed E-state index contributed by atoms with van der Waals surface area (Å²) in [5, 5.41) is 6.01. The molecule has 0 spiro atoms. The molecule has 0 saturated heterocycles. The summed E-state index contributed by atoms with van der Waals surface area (Å²) in [4.78, 5) is 28.8. The first-order chi connectivity index (χ1) is 13.5. The third kappa shape index (κ3) is 3.59. The van der Waals surface area contributed by atoms with Gasteiger partial charge in [0.25, 0.3) is 5.56 Å². The third-order valence-electron chi connectivity index (χ3n) is 5.76. The molecule has 2 N–H and O–H groups in total. The van der Waals surface area contributed by atoms with E-state index in [9.17, 15) is 9.59 Å². The second-order valence-electron chi connectivity index (χ2n) is 7.64. The van der Waals surface area contributed by atoms with Crippen LogP contribution in [0.25, 0.3) is 5.65 Å². The number of hydrogen-bond donors (Lipinski definition) is 2. The molecule has 6 heteroatoms. The maximum atomic E-state index is 12.7. The van der Waals surface area contributed by atoms with Gasteiger partial charge in [0.05, 0.1) is 6.04 Å². The van der Waals surface area contributed by atoms with Crippen molar-refractivity contribution < 1.29 is 4.79 Å². The van der Waals surface area contributed by atoms with Crippen LogP contribution < -0.4 is 10.9 Å². The summed E-state index contributed by atoms with van der Waals surface area (Å²) < 4.78 is 1.70. The fourth-order valence-electron chi connectivity index (χ4n) is 4.29. The second kappa shape index (κ2) is 7.62. The van der Waals surface area contributed by atoms with E-state index >= 15 is 0 Å². The van der Waals surface area contributed by atoms with Gasteiger partial charge in [0, 0.05) is 23.9 Å². The summed E-state index contributed by atoms with van der Waals surface area (Å²) in [5.74, 6) is 0.0570. The number of nitrogens with zero attached hydrogens (tertiary/aromatic N) is 2. The number of aromatic nitrogens is 3. The van der Waals surface area contributed by atoms with Crippen LogP contribution in [0.4, 0.5) is 0 Å². The van der Waals surface area contributed by atoms with E-state index in [1.165, 1.54) is 23.6 Å². The molecular formula is C22H26N4O2. The van der Waals surface area contributed by atoms with Crippen LogP contribution in [-0.2, 0) is 17.6 Å². The van der Waals surface area contributed by atoms with Crippen molar-refractivity contribution in [3.05, 3.63) is 68.8 Å². The number of H-pyrrole nitrogens is 1. The number of benzene rings is 1. The summed E-state index contributed by atoms with van der Waals surface area (Å²) in [6.45, 7) is 3.88. The van der Waals surface area contributed by atoms with Crippen LogP contribution >= 0.6 is 0 Å². The summed E-state index contributed by atoms with van der Waals surface area (Å²) in [7, 11) is 0. The van der Waals surface area contributed by atoms with Crippen LogP contribution in [0.3, 0.4) is 0 Å². The lowest BCUT2D eigenvalue weighted by molar-refractivity contribution is -0.121. The largest absolute Gasteiger partial charge is 0.349 e. The Morgan fingerprint density at radius 1 is 1.29 bits per heavy atom. The molecular weight excluding hydrogens is 352 g/mol. The van der Waals surface area contributed by atoms with Crippen LogP contribution in [0.15, 0.2) is 35.1 Å². The van der Waals surface area contributed by atoms with Gasteiger partial charge in [0.15, 0.2) is 5.65 Å². The van der Waals surface area contributed by atoms with E-state index < -0.39 is 0 Å². The van der Waals surface area contributed by atoms with Crippen molar-refractivity contribution in [2.45, 2.75) is 58.4 Å². The Kier molecular flexibility index (Phi) is 5.03. The monoisotopic (exact) mass is 378 g/mol. The Bertz CT molecular complexity index is 1080. The molecule has 6 nitrogen and oxygen atoms in total. The topological polar surface area (TPSA) is 79.3 Å². The summed E-state index contributed by atoms with van der Waals surface area (Å²) >= 11 is 0. The molecule has 2 aromatic heterocycles. The number of amides is 1. The van der Waals surface area contributed by atoms with E-state index in [-0.39, 0.29) is 17.5 Å². The fraction of sp³-hybridized carbons (Fsp3) is 0.409. The lowest BCUT2D eigenvalue weighted by atomic mass is 9.98. The van der Waals surface area contributed by atoms with Crippen molar-refractivity contribution in [1.82, 2.24) is 19.9 Å². The molecule has 1 amide bonds. The highest BCUT2D eigenvalue weighted by atomic mass is 16.1. The van der Waals surface area contributed by atoms with Gasteiger partial charge in [-0.15, -0.1) is 0 Å². The van der Waals surface area contributed by atoms with Gasteiger partial charge in [-0.3, -0.25) is 14.7 Å². The van der Waals surface area contributed by atoms with Gasteiger partial charge in [-0.1, -0.05) is 30.7 Å². The number of carbonyl (C=O) groups is 1. The predicted octanol–water partition coefficient (Wildman–Crippen LogP) is 3.16. The number of rotatable bonds is 4. The Balaban J connectivity index is 1.48. The summed E-state index contributed by atoms with van der Waals surface area (Å²) in [6, 6.07) is 10.0. The highest BCUT2D eigenvalue weighted by Gasteiger charge is 2.20. The minimum Gasteiger partial charge on any atom is -0.349 e. The molecule has 1 aromatic carbocycles. The number of nitrogens with one attached hydrogen (secondary N) is 2. The SMILES string of the molecule is Cc1nc2cc(=O)[nH]n2c(C)c1CCC(=O)N[C@@H]1CCCCc2ccccc21. The number of aryl methyl sites for hydroxylation is 3. The van der Waals surface area contributed by atoms with Crippen molar-refractivity contribution >= 4 is 11.6 Å². The van der Waals surface area contributed by atoms with Crippen LogP contribution in [-0.4, -0.2) is 20.5 Å². The molecule has 146 valence electrons. The van der Waals surface area contributed by atoms with Gasteiger partial charge in [0.1, 0.15) is 0 Å². The van der Waals surface area contributed by atoms with Crippen LogP contribution in [0.1, 0.15) is 59.8 Å². The van der Waals surface area contributed by atoms with E-state index in [1.807, 2.05) is 13.8 Å². The van der Waals surface area contributed by atoms with Crippen molar-refractivity contribution in [2.24, 2.45) is 0 Å². The number of hydrogen-bond acceptors (Lipinski definition) is 3. The molecule has 4 rings (SSSR count). The van der Waals surface area contributed by atoms with E-state index in [1.54, 1.807) is 4.52 Å². The third-order valence-corrected chi connectivity index (χ3v) is 5.76. The molecule has 0 aliphatic heterocycles. The second-order valence-corrected chi connectivity index (χ2v) is 7.64. The normalized spacial score (nSPS) is 16.6. The van der Waals surface area contributed by atoms with Crippen molar-refractivity contribution in [3.63, 3.8) is 0 Å². The molecule has 0 fully saturated rings. The lowest BCUT2D eigenvalue weighted by Gasteiger charge is -2.20. The van der Waals surface area contributed by atoms with Crippen LogP contribution in [0.5, 0.6) is 0 Å². The Labute approximate surface area is 164 Å². The van der Waals surface area contributed by atoms with Crippen LogP contribution in [0.2, 0.25) is 0 Å². The van der Waals surface area contributed by atoms with Gasteiger partial charge in [-0.25, -0.2) is 9.50 Å². The quantitative estimate of drug-likeness (QED) is 0.685. The predicted molar refractivity (Wildman–Crippen MR) is 108 cm³/mol. The first-order valence-corrected chi connectivity index (χ1v) is 9.98. The van der Waals surface area contributed by atoms with E-state index in [0.29, 0.717) is 18.5 Å². The van der Waals surface area contributed by atoms with Gasteiger partial charge in [0.2, 0.25) is 5.91 Å². The molecule has 0 radical (unpaired) electrons. The molecule has 1 aliphatic rings. The molecule has 0 bridgehead atoms. The maximum Gasteiger partial charge on any atom is 0.266 e. The van der Waals surface area contributed by atoms with Crippen LogP contribution in [0, 0.1) is 13.8 Å². The highest BCUT2D eigenvalue weighted by molar-refractivity contribution is 5.77. The lowest BCUT2D eigenvalue weighted by Crippen LogP contribution is -2.29. The molecule has 1 aliphatic carbocycles. The summed E-state index contributed by atoms with van der Waals surface area (Å²) in [5.41, 5.74) is 5.86. The number of aromatic amines is 1. The van der Waals surface area contributed by atoms with E-state index in [0.717, 1.165) is 36.2 Å². The first kappa shape index (κ1) is 18.5. The molecule has 28 heavy (non-hydrogen) atoms. The Hall–Kier alpha value is -2.89. The smallest absolute Gasteiger partial charge is 0.266 e. The van der Waals surface area contributed by atoms with E-state index in [2.05, 4.69) is 39.7 Å². The average molecular weight is 378 g/mol. The zero-order valence-corrected chi connectivity index (χ0v) is 16.4. The summed E-state index contributed by atoms with van der Waals surface area (Å²) in [6.07, 6.45) is 5.36. The number of fused-ring (bicyclic) bond motifs is 2. The maximum absolute atomic E-state index is 12.7. The standard InChI is InChI=1S/C22H26N4O2/c1-14-17(15(2)26-20(23-14)13-22(28)25-26)11-12-21(27)24-19-10-6-4-8-16-7-3-5-9-18(16)19/h3,5,7,9,13,19H,4,6,8,10-12H2,1-2H3,(H,24,27)(H,25,28)/t19-/m1/s1. The van der Waals surface area contributed by atoms with Gasteiger partial charge < -0.3 is 5.32 Å². The highest BCUT2D eigenvalue weighted by Crippen LogP contribution is 2.28. The minimum absolute atomic E-state index is 0.0570. The van der Waals surface area contributed by atoms with Crippen molar-refractivity contribution in [1.29, 1.82) is 0 Å². The Morgan fingerprint density at radius 2 is 2.11 bits per heavy atom. The van der Waals surface area contributed by atoms with Crippen molar-refractivity contribution in [2.75, 3.05) is 0 Å². The van der Waals surface area contributed by atoms with Crippen molar-refractivity contribution in [3.8, 4) is 0 Å². The molecule has 0 unspecified atom stereocenters. The van der Waals surface area contributed by atoms with Gasteiger partial charge >= 0.3 is 0 Å². The molecule has 2 heterocycles. The first-order valence-electron chi connectivity index (χ1n) is 9.98. The minimum atomic E-state index is -0.170. The fourth-order valence-corrected chi connectivity index (χ4v) is 4.29. The van der Waals surface area contributed by atoms with Gasteiger partial charge in [-0.2, -0.15) is 0 Å². The molecule has 1 atom stereocenters. The zero-order valence-electron chi connectivity index (χ0n) is 16.4. The Morgan fingerprint density at radius 3 is 2.96 bits per heavy atom. The zero-order chi connectivity index (χ0) is 19.7. The molecule has 3 aromatic rings. The average Bonchev–Trinajstić information content (AvgIpc) is 2.92. The van der Waals surface area contributed by atoms with Gasteiger partial charge in [-0.05, 0) is 56.2 Å². The van der Waals surface area contributed by atoms with E-state index in [4.69, 9.17) is 0 Å². The number of carbonyl (C=O) groups excluding carboxylic acids is 1. The molecule has 0 saturated carbocycles.